The van der Waals surface area contributed by atoms with Crippen molar-refractivity contribution in [2.75, 3.05) is 36.4 Å². The lowest BCUT2D eigenvalue weighted by atomic mass is 10.2. The molecule has 0 aliphatic carbocycles. The standard InChI is InChI=1S/C17H18FN5O2/c1-12-10-15(16(25)20-14-5-3-2-4-13(14)18)21-17(19-12)23-8-6-22(11-24)7-9-23/h2-5,10-11H,6-9H2,1H3,(H,20,25). The molecule has 1 aromatic heterocycles. The van der Waals surface area contributed by atoms with Gasteiger partial charge in [0.1, 0.15) is 11.5 Å². The molecule has 1 aliphatic heterocycles. The average molecular weight is 343 g/mol. The molecule has 8 heteroatoms. The largest absolute Gasteiger partial charge is 0.342 e. The fraction of sp³-hybridized carbons (Fsp3) is 0.294. The second-order valence-electron chi connectivity index (χ2n) is 5.76. The summed E-state index contributed by atoms with van der Waals surface area (Å²) in [4.78, 5) is 35.5. The summed E-state index contributed by atoms with van der Waals surface area (Å²) in [6, 6.07) is 7.51. The van der Waals surface area contributed by atoms with Crippen LogP contribution in [0.4, 0.5) is 16.0 Å². The zero-order valence-corrected chi connectivity index (χ0v) is 13.8. The summed E-state index contributed by atoms with van der Waals surface area (Å²) in [5.74, 6) is -0.570. The molecule has 2 heterocycles. The third kappa shape index (κ3) is 3.90. The molecule has 2 aromatic rings. The Morgan fingerprint density at radius 3 is 2.60 bits per heavy atom. The normalized spacial score (nSPS) is 14.3. The number of hydrogen-bond acceptors (Lipinski definition) is 5. The van der Waals surface area contributed by atoms with E-state index in [-0.39, 0.29) is 11.4 Å². The van der Waals surface area contributed by atoms with Gasteiger partial charge in [0, 0.05) is 31.9 Å². The SMILES string of the molecule is Cc1cc(C(=O)Nc2ccccc2F)nc(N2CCN(C=O)CC2)n1. The van der Waals surface area contributed by atoms with Crippen LogP contribution in [0.1, 0.15) is 16.2 Å². The van der Waals surface area contributed by atoms with Gasteiger partial charge in [0.25, 0.3) is 5.91 Å². The zero-order chi connectivity index (χ0) is 17.8. The first-order valence-electron chi connectivity index (χ1n) is 7.92. The third-order valence-electron chi connectivity index (χ3n) is 3.94. The van der Waals surface area contributed by atoms with Crippen LogP contribution in [0.5, 0.6) is 0 Å². The first-order chi connectivity index (χ1) is 12.1. The highest BCUT2D eigenvalue weighted by atomic mass is 19.1. The molecule has 7 nitrogen and oxygen atoms in total. The Morgan fingerprint density at radius 2 is 1.92 bits per heavy atom. The molecule has 1 aromatic carbocycles. The van der Waals surface area contributed by atoms with Crippen molar-refractivity contribution in [1.29, 1.82) is 0 Å². The van der Waals surface area contributed by atoms with Crippen molar-refractivity contribution in [3.05, 3.63) is 47.5 Å². The Hall–Kier alpha value is -3.03. The van der Waals surface area contributed by atoms with Gasteiger partial charge in [-0.05, 0) is 25.1 Å². The summed E-state index contributed by atoms with van der Waals surface area (Å²) >= 11 is 0. The van der Waals surface area contributed by atoms with Crippen molar-refractivity contribution in [2.45, 2.75) is 6.92 Å². The number of aromatic nitrogens is 2. The molecule has 1 fully saturated rings. The molecule has 1 aliphatic rings. The molecule has 0 radical (unpaired) electrons. The van der Waals surface area contributed by atoms with Crippen molar-refractivity contribution < 1.29 is 14.0 Å². The predicted molar refractivity (Wildman–Crippen MR) is 91.0 cm³/mol. The van der Waals surface area contributed by atoms with E-state index in [1.807, 2.05) is 4.90 Å². The Kier molecular flexibility index (Phi) is 4.87. The van der Waals surface area contributed by atoms with Crippen molar-refractivity contribution >= 4 is 24.0 Å². The Morgan fingerprint density at radius 1 is 1.20 bits per heavy atom. The molecule has 2 amide bonds. The number of anilines is 2. The van der Waals surface area contributed by atoms with E-state index in [0.29, 0.717) is 37.8 Å². The Bertz CT molecular complexity index is 790. The molecule has 0 unspecified atom stereocenters. The van der Waals surface area contributed by atoms with Crippen LogP contribution >= 0.6 is 0 Å². The van der Waals surface area contributed by atoms with Gasteiger partial charge < -0.3 is 15.1 Å². The van der Waals surface area contributed by atoms with E-state index in [4.69, 9.17) is 0 Å². The second-order valence-corrected chi connectivity index (χ2v) is 5.76. The monoisotopic (exact) mass is 343 g/mol. The van der Waals surface area contributed by atoms with Crippen LogP contribution in [-0.4, -0.2) is 53.4 Å². The molecule has 1 N–H and O–H groups in total. The van der Waals surface area contributed by atoms with Gasteiger partial charge in [0.2, 0.25) is 12.4 Å². The lowest BCUT2D eigenvalue weighted by Gasteiger charge is -2.32. The third-order valence-corrected chi connectivity index (χ3v) is 3.94. The number of para-hydroxylation sites is 1. The highest BCUT2D eigenvalue weighted by molar-refractivity contribution is 6.03. The molecule has 130 valence electrons. The van der Waals surface area contributed by atoms with Gasteiger partial charge >= 0.3 is 0 Å². The van der Waals surface area contributed by atoms with Crippen LogP contribution in [0, 0.1) is 12.7 Å². The number of rotatable bonds is 4. The number of carbonyl (C=O) groups is 2. The average Bonchev–Trinajstić information content (AvgIpc) is 2.63. The minimum Gasteiger partial charge on any atom is -0.342 e. The molecule has 0 spiro atoms. The van der Waals surface area contributed by atoms with Crippen molar-refractivity contribution in [3.63, 3.8) is 0 Å². The van der Waals surface area contributed by atoms with Crippen LogP contribution in [0.25, 0.3) is 0 Å². The van der Waals surface area contributed by atoms with E-state index < -0.39 is 11.7 Å². The van der Waals surface area contributed by atoms with Crippen LogP contribution in [0.15, 0.2) is 30.3 Å². The summed E-state index contributed by atoms with van der Waals surface area (Å²) in [7, 11) is 0. The maximum atomic E-state index is 13.7. The van der Waals surface area contributed by atoms with Gasteiger partial charge in [-0.2, -0.15) is 0 Å². The van der Waals surface area contributed by atoms with Crippen molar-refractivity contribution in [1.82, 2.24) is 14.9 Å². The summed E-state index contributed by atoms with van der Waals surface area (Å²) in [6.07, 6.45) is 0.821. The van der Waals surface area contributed by atoms with E-state index in [2.05, 4.69) is 15.3 Å². The van der Waals surface area contributed by atoms with Crippen LogP contribution in [-0.2, 0) is 4.79 Å². The predicted octanol–water partition coefficient (Wildman–Crippen LogP) is 1.45. The van der Waals surface area contributed by atoms with Gasteiger partial charge in [0.05, 0.1) is 5.69 Å². The van der Waals surface area contributed by atoms with E-state index in [9.17, 15) is 14.0 Å². The number of nitrogens with one attached hydrogen (secondary N) is 1. The van der Waals surface area contributed by atoms with E-state index in [0.717, 1.165) is 6.41 Å². The topological polar surface area (TPSA) is 78.4 Å². The first-order valence-corrected chi connectivity index (χ1v) is 7.92. The number of hydrogen-bond donors (Lipinski definition) is 1. The maximum Gasteiger partial charge on any atom is 0.274 e. The minimum absolute atomic E-state index is 0.102. The van der Waals surface area contributed by atoms with E-state index >= 15 is 0 Å². The quantitative estimate of drug-likeness (QED) is 0.850. The summed E-state index contributed by atoms with van der Waals surface area (Å²) in [5.41, 5.74) is 0.912. The second kappa shape index (κ2) is 7.25. The Labute approximate surface area is 144 Å². The van der Waals surface area contributed by atoms with Gasteiger partial charge in [-0.1, -0.05) is 12.1 Å². The number of carbonyl (C=O) groups excluding carboxylic acids is 2. The lowest BCUT2D eigenvalue weighted by molar-refractivity contribution is -0.118. The van der Waals surface area contributed by atoms with Crippen LogP contribution in [0.3, 0.4) is 0 Å². The number of aryl methyl sites for hydroxylation is 1. The fourth-order valence-electron chi connectivity index (χ4n) is 2.59. The lowest BCUT2D eigenvalue weighted by Crippen LogP contribution is -2.46. The number of nitrogens with zero attached hydrogens (tertiary/aromatic N) is 4. The molecule has 0 bridgehead atoms. The van der Waals surface area contributed by atoms with Gasteiger partial charge in [-0.25, -0.2) is 14.4 Å². The number of amides is 2. The molecule has 0 atom stereocenters. The summed E-state index contributed by atoms with van der Waals surface area (Å²) in [5, 5.41) is 2.52. The van der Waals surface area contributed by atoms with Crippen molar-refractivity contribution in [3.8, 4) is 0 Å². The Balaban J connectivity index is 1.78. The molecular weight excluding hydrogens is 325 g/mol. The van der Waals surface area contributed by atoms with Gasteiger partial charge in [0.15, 0.2) is 0 Å². The van der Waals surface area contributed by atoms with Crippen LogP contribution in [0.2, 0.25) is 0 Å². The van der Waals surface area contributed by atoms with Crippen molar-refractivity contribution in [2.24, 2.45) is 0 Å². The zero-order valence-electron chi connectivity index (χ0n) is 13.8. The minimum atomic E-state index is -0.508. The van der Waals surface area contributed by atoms with Gasteiger partial charge in [-0.3, -0.25) is 9.59 Å². The number of halogens is 1. The maximum absolute atomic E-state index is 13.7. The van der Waals surface area contributed by atoms with E-state index in [1.54, 1.807) is 30.0 Å². The van der Waals surface area contributed by atoms with Crippen LogP contribution < -0.4 is 10.2 Å². The number of benzene rings is 1. The highest BCUT2D eigenvalue weighted by Gasteiger charge is 2.20. The first kappa shape index (κ1) is 16.8. The molecule has 0 saturated carbocycles. The molecular formula is C17H18FN5O2. The highest BCUT2D eigenvalue weighted by Crippen LogP contribution is 2.16. The summed E-state index contributed by atoms with van der Waals surface area (Å²) in [6.45, 7) is 4.12. The van der Waals surface area contributed by atoms with Gasteiger partial charge in [-0.15, -0.1) is 0 Å². The fourth-order valence-corrected chi connectivity index (χ4v) is 2.59. The summed E-state index contributed by atoms with van der Waals surface area (Å²) < 4.78 is 13.7. The molecule has 25 heavy (non-hydrogen) atoms. The molecule has 3 rings (SSSR count). The van der Waals surface area contributed by atoms with E-state index in [1.165, 1.54) is 12.1 Å². The smallest absolute Gasteiger partial charge is 0.274 e. The molecule has 1 saturated heterocycles. The number of piperazine rings is 1.